The number of hydrogen-bond donors (Lipinski definition) is 1. The summed E-state index contributed by atoms with van der Waals surface area (Å²) in [6, 6.07) is 0. The fraction of sp³-hybridized carbons (Fsp3) is 0.562. The molecule has 0 bridgehead atoms. The average molecular weight is 318 g/mol. The van der Waals surface area contributed by atoms with Crippen LogP contribution in [0.15, 0.2) is 16.9 Å². The second kappa shape index (κ2) is 6.54. The average Bonchev–Trinajstić information content (AvgIpc) is 3.14. The Labute approximate surface area is 135 Å². The Morgan fingerprint density at radius 3 is 3.04 bits per heavy atom. The second-order valence-corrected chi connectivity index (χ2v) is 5.90. The van der Waals surface area contributed by atoms with Crippen LogP contribution in [-0.4, -0.2) is 27.5 Å². The summed E-state index contributed by atoms with van der Waals surface area (Å²) in [4.78, 5) is 12.8. The molecule has 0 aliphatic carbocycles. The van der Waals surface area contributed by atoms with Gasteiger partial charge in [-0.05, 0) is 19.8 Å². The van der Waals surface area contributed by atoms with Crippen molar-refractivity contribution in [1.29, 1.82) is 0 Å². The molecule has 1 aliphatic heterocycles. The summed E-state index contributed by atoms with van der Waals surface area (Å²) in [6.07, 6.45) is 5.75. The SMILES string of the molecule is CCc1onc(C)c1NC(=O)[C@@H]1CCCO[C@H]1c1cnn(C)c1. The van der Waals surface area contributed by atoms with E-state index in [1.807, 2.05) is 27.1 Å². The quantitative estimate of drug-likeness (QED) is 0.936. The van der Waals surface area contributed by atoms with Crippen LogP contribution in [-0.2, 0) is 23.0 Å². The highest BCUT2D eigenvalue weighted by molar-refractivity contribution is 5.94. The van der Waals surface area contributed by atoms with Gasteiger partial charge in [-0.2, -0.15) is 5.10 Å². The predicted molar refractivity (Wildman–Crippen MR) is 83.9 cm³/mol. The first kappa shape index (κ1) is 15.7. The summed E-state index contributed by atoms with van der Waals surface area (Å²) < 4.78 is 12.8. The van der Waals surface area contributed by atoms with E-state index in [1.54, 1.807) is 10.9 Å². The van der Waals surface area contributed by atoms with Crippen LogP contribution >= 0.6 is 0 Å². The van der Waals surface area contributed by atoms with Gasteiger partial charge in [0.25, 0.3) is 0 Å². The lowest BCUT2D eigenvalue weighted by Gasteiger charge is -2.30. The van der Waals surface area contributed by atoms with E-state index in [-0.39, 0.29) is 17.9 Å². The summed E-state index contributed by atoms with van der Waals surface area (Å²) in [5, 5.41) is 11.1. The van der Waals surface area contributed by atoms with E-state index in [4.69, 9.17) is 9.26 Å². The Balaban J connectivity index is 1.80. The Bertz CT molecular complexity index is 691. The molecule has 0 radical (unpaired) electrons. The Morgan fingerprint density at radius 1 is 1.52 bits per heavy atom. The van der Waals surface area contributed by atoms with Crippen molar-refractivity contribution >= 4 is 11.6 Å². The van der Waals surface area contributed by atoms with Gasteiger partial charge in [-0.15, -0.1) is 0 Å². The molecule has 1 N–H and O–H groups in total. The van der Waals surface area contributed by atoms with E-state index < -0.39 is 0 Å². The van der Waals surface area contributed by atoms with Crippen molar-refractivity contribution < 1.29 is 14.1 Å². The molecule has 0 saturated carbocycles. The molecular formula is C16H22N4O3. The van der Waals surface area contributed by atoms with Crippen molar-refractivity contribution in [2.45, 2.75) is 39.2 Å². The van der Waals surface area contributed by atoms with Gasteiger partial charge in [0.05, 0.1) is 18.2 Å². The number of nitrogens with one attached hydrogen (secondary N) is 1. The third kappa shape index (κ3) is 3.14. The lowest BCUT2D eigenvalue weighted by Crippen LogP contribution is -2.33. The van der Waals surface area contributed by atoms with Crippen LogP contribution < -0.4 is 5.32 Å². The van der Waals surface area contributed by atoms with Gasteiger partial charge < -0.3 is 14.6 Å². The van der Waals surface area contributed by atoms with Crippen LogP contribution in [0, 0.1) is 12.8 Å². The molecule has 1 amide bonds. The minimum atomic E-state index is -0.261. The molecule has 124 valence electrons. The molecule has 3 rings (SSSR count). The molecule has 3 heterocycles. The molecule has 1 saturated heterocycles. The lowest BCUT2D eigenvalue weighted by molar-refractivity contribution is -0.129. The molecule has 2 aromatic heterocycles. The van der Waals surface area contributed by atoms with E-state index in [2.05, 4.69) is 15.6 Å². The van der Waals surface area contributed by atoms with Gasteiger partial charge in [-0.25, -0.2) is 0 Å². The number of anilines is 1. The normalized spacial score (nSPS) is 21.3. The van der Waals surface area contributed by atoms with Gasteiger partial charge in [0.15, 0.2) is 5.76 Å². The second-order valence-electron chi connectivity index (χ2n) is 5.90. The van der Waals surface area contributed by atoms with E-state index >= 15 is 0 Å². The smallest absolute Gasteiger partial charge is 0.230 e. The fourth-order valence-electron chi connectivity index (χ4n) is 3.00. The summed E-state index contributed by atoms with van der Waals surface area (Å²) in [6.45, 7) is 4.46. The molecule has 1 fully saturated rings. The summed E-state index contributed by atoms with van der Waals surface area (Å²) in [5.41, 5.74) is 2.32. The van der Waals surface area contributed by atoms with Gasteiger partial charge in [-0.3, -0.25) is 9.48 Å². The number of nitrogens with zero attached hydrogens (tertiary/aromatic N) is 3. The number of aromatic nitrogens is 3. The van der Waals surface area contributed by atoms with Crippen molar-refractivity contribution in [1.82, 2.24) is 14.9 Å². The van der Waals surface area contributed by atoms with E-state index in [0.717, 1.165) is 18.4 Å². The molecule has 0 unspecified atom stereocenters. The van der Waals surface area contributed by atoms with Gasteiger partial charge in [0.2, 0.25) is 5.91 Å². The minimum Gasteiger partial charge on any atom is -0.373 e. The van der Waals surface area contributed by atoms with Crippen LogP contribution in [0.3, 0.4) is 0 Å². The van der Waals surface area contributed by atoms with E-state index in [9.17, 15) is 4.79 Å². The van der Waals surface area contributed by atoms with E-state index in [1.165, 1.54) is 0 Å². The Morgan fingerprint density at radius 2 is 2.35 bits per heavy atom. The van der Waals surface area contributed by atoms with Crippen LogP contribution in [0.5, 0.6) is 0 Å². The number of amides is 1. The number of carbonyl (C=O) groups is 1. The zero-order valence-electron chi connectivity index (χ0n) is 13.7. The van der Waals surface area contributed by atoms with Crippen molar-refractivity contribution in [3.8, 4) is 0 Å². The highest BCUT2D eigenvalue weighted by atomic mass is 16.5. The van der Waals surface area contributed by atoms with Crippen molar-refractivity contribution in [3.05, 3.63) is 29.4 Å². The number of ether oxygens (including phenoxy) is 1. The first-order chi connectivity index (χ1) is 11.1. The first-order valence-corrected chi connectivity index (χ1v) is 7.96. The van der Waals surface area contributed by atoms with Gasteiger partial charge in [0, 0.05) is 31.8 Å². The maximum atomic E-state index is 12.8. The number of rotatable bonds is 4. The molecule has 2 atom stereocenters. The summed E-state index contributed by atoms with van der Waals surface area (Å²) >= 11 is 0. The first-order valence-electron chi connectivity index (χ1n) is 7.96. The standard InChI is InChI=1S/C16H22N4O3/c1-4-13-14(10(2)19-23-13)18-16(21)12-6-5-7-22-15(12)11-8-17-20(3)9-11/h8-9,12,15H,4-7H2,1-3H3,(H,18,21)/t12-,15+/m1/s1. The van der Waals surface area contributed by atoms with Crippen molar-refractivity contribution in [2.24, 2.45) is 13.0 Å². The van der Waals surface area contributed by atoms with Crippen LogP contribution in [0.1, 0.15) is 42.9 Å². The molecule has 1 aliphatic rings. The number of hydrogen-bond acceptors (Lipinski definition) is 5. The third-order valence-corrected chi connectivity index (χ3v) is 4.22. The molecule has 7 nitrogen and oxygen atoms in total. The number of carbonyl (C=O) groups excluding carboxylic acids is 1. The molecular weight excluding hydrogens is 296 g/mol. The minimum absolute atomic E-state index is 0.0560. The van der Waals surface area contributed by atoms with Crippen LogP contribution in [0.25, 0.3) is 0 Å². The highest BCUT2D eigenvalue weighted by Crippen LogP contribution is 2.34. The number of aryl methyl sites for hydroxylation is 3. The maximum absolute atomic E-state index is 12.8. The van der Waals surface area contributed by atoms with Gasteiger partial charge in [0.1, 0.15) is 11.4 Å². The largest absolute Gasteiger partial charge is 0.373 e. The molecule has 23 heavy (non-hydrogen) atoms. The molecule has 7 heteroatoms. The van der Waals surface area contributed by atoms with Crippen molar-refractivity contribution in [2.75, 3.05) is 11.9 Å². The zero-order valence-corrected chi connectivity index (χ0v) is 13.7. The Kier molecular flexibility index (Phi) is 4.47. The molecule has 0 aromatic carbocycles. The predicted octanol–water partition coefficient (Wildman–Crippen LogP) is 2.39. The molecule has 2 aromatic rings. The van der Waals surface area contributed by atoms with Crippen LogP contribution in [0.4, 0.5) is 5.69 Å². The Hall–Kier alpha value is -2.15. The maximum Gasteiger partial charge on any atom is 0.230 e. The van der Waals surface area contributed by atoms with E-state index in [0.29, 0.717) is 30.2 Å². The highest BCUT2D eigenvalue weighted by Gasteiger charge is 2.34. The molecule has 0 spiro atoms. The topological polar surface area (TPSA) is 82.2 Å². The summed E-state index contributed by atoms with van der Waals surface area (Å²) in [7, 11) is 1.86. The van der Waals surface area contributed by atoms with Gasteiger partial charge in [-0.1, -0.05) is 12.1 Å². The monoisotopic (exact) mass is 318 g/mol. The van der Waals surface area contributed by atoms with Crippen LogP contribution in [0.2, 0.25) is 0 Å². The van der Waals surface area contributed by atoms with Gasteiger partial charge >= 0.3 is 0 Å². The zero-order chi connectivity index (χ0) is 16.4. The summed E-state index contributed by atoms with van der Waals surface area (Å²) in [5.74, 6) is 0.400. The third-order valence-electron chi connectivity index (χ3n) is 4.22. The fourth-order valence-corrected chi connectivity index (χ4v) is 3.00. The lowest BCUT2D eigenvalue weighted by atomic mass is 9.90. The van der Waals surface area contributed by atoms with Crippen molar-refractivity contribution in [3.63, 3.8) is 0 Å².